The highest BCUT2D eigenvalue weighted by atomic mass is 32.1. The third-order valence-corrected chi connectivity index (χ3v) is 3.94. The summed E-state index contributed by atoms with van der Waals surface area (Å²) in [5, 5.41) is 2.46. The van der Waals surface area contributed by atoms with Crippen LogP contribution < -0.4 is 25.6 Å². The number of nitrogens with one attached hydrogen (secondary N) is 3. The van der Waals surface area contributed by atoms with Gasteiger partial charge in [-0.05, 0) is 61.0 Å². The molecule has 154 valence electrons. The predicted octanol–water partition coefficient (Wildman–Crippen LogP) is 2.83. The van der Waals surface area contributed by atoms with Crippen molar-refractivity contribution < 1.29 is 19.1 Å². The number of thiocarbonyl (C=S) groups is 1. The van der Waals surface area contributed by atoms with Crippen LogP contribution in [0, 0.1) is 5.92 Å². The molecule has 8 heteroatoms. The fourth-order valence-corrected chi connectivity index (χ4v) is 2.29. The van der Waals surface area contributed by atoms with E-state index in [0.717, 1.165) is 6.42 Å². The van der Waals surface area contributed by atoms with Gasteiger partial charge in [0.15, 0.2) is 11.7 Å². The zero-order valence-corrected chi connectivity index (χ0v) is 17.3. The maximum atomic E-state index is 12.2. The number of carbonyl (C=O) groups is 2. The first-order valence-electron chi connectivity index (χ1n) is 9.25. The molecule has 2 amide bonds. The van der Waals surface area contributed by atoms with Gasteiger partial charge in [-0.1, -0.05) is 32.0 Å². The average Bonchev–Trinajstić information content (AvgIpc) is 2.71. The number of ether oxygens (including phenoxy) is 2. The van der Waals surface area contributed by atoms with Gasteiger partial charge < -0.3 is 9.47 Å². The van der Waals surface area contributed by atoms with Crippen LogP contribution in [-0.4, -0.2) is 30.1 Å². The van der Waals surface area contributed by atoms with Gasteiger partial charge in [-0.2, -0.15) is 0 Å². The van der Waals surface area contributed by atoms with E-state index in [4.69, 9.17) is 21.7 Å². The minimum atomic E-state index is -0.437. The molecule has 3 N–H and O–H groups in total. The molecule has 0 saturated carbocycles. The van der Waals surface area contributed by atoms with Crippen molar-refractivity contribution in [1.29, 1.82) is 0 Å². The van der Waals surface area contributed by atoms with Crippen molar-refractivity contribution in [3.63, 3.8) is 0 Å². The van der Waals surface area contributed by atoms with Crippen molar-refractivity contribution in [2.24, 2.45) is 5.92 Å². The summed E-state index contributed by atoms with van der Waals surface area (Å²) in [4.78, 5) is 24.0. The molecular formula is C21H25N3O4S. The van der Waals surface area contributed by atoms with Crippen molar-refractivity contribution >= 4 is 29.1 Å². The predicted molar refractivity (Wildman–Crippen MR) is 115 cm³/mol. The Bertz CT molecular complexity index is 810. The van der Waals surface area contributed by atoms with E-state index in [-0.39, 0.29) is 11.7 Å². The number of amides is 2. The normalized spacial score (nSPS) is 10.2. The molecule has 2 aromatic carbocycles. The van der Waals surface area contributed by atoms with Crippen LogP contribution in [-0.2, 0) is 4.79 Å². The maximum Gasteiger partial charge on any atom is 0.276 e. The molecule has 0 radical (unpaired) electrons. The fourth-order valence-electron chi connectivity index (χ4n) is 2.15. The van der Waals surface area contributed by atoms with Crippen LogP contribution in [0.15, 0.2) is 54.6 Å². The van der Waals surface area contributed by atoms with Crippen LogP contribution in [0.3, 0.4) is 0 Å². The second kappa shape index (κ2) is 11.7. The first kappa shape index (κ1) is 22.2. The van der Waals surface area contributed by atoms with E-state index >= 15 is 0 Å². The molecule has 0 heterocycles. The molecule has 7 nitrogen and oxygen atoms in total. The van der Waals surface area contributed by atoms with Crippen molar-refractivity contribution in [1.82, 2.24) is 16.2 Å². The van der Waals surface area contributed by atoms with Gasteiger partial charge in [0.05, 0.1) is 6.61 Å². The van der Waals surface area contributed by atoms with Crippen molar-refractivity contribution in [3.8, 4) is 11.5 Å². The Hall–Kier alpha value is -3.13. The Morgan fingerprint density at radius 3 is 2.24 bits per heavy atom. The topological polar surface area (TPSA) is 88.7 Å². The Morgan fingerprint density at radius 1 is 0.931 bits per heavy atom. The highest BCUT2D eigenvalue weighted by Gasteiger charge is 2.09. The number of hydrazine groups is 1. The Balaban J connectivity index is 1.70. The summed E-state index contributed by atoms with van der Waals surface area (Å²) in [5.41, 5.74) is 5.25. The summed E-state index contributed by atoms with van der Waals surface area (Å²) < 4.78 is 10.9. The van der Waals surface area contributed by atoms with Crippen molar-refractivity contribution in [2.75, 3.05) is 13.2 Å². The van der Waals surface area contributed by atoms with Gasteiger partial charge in [0.25, 0.3) is 11.8 Å². The summed E-state index contributed by atoms with van der Waals surface area (Å²) in [6.07, 6.45) is 0.963. The SMILES string of the molecule is CC(C)CCOc1ccc(C(=O)NC(=S)NNC(=O)COc2ccccc2)cc1. The molecule has 0 spiro atoms. The highest BCUT2D eigenvalue weighted by Crippen LogP contribution is 2.13. The van der Waals surface area contributed by atoms with Gasteiger partial charge in [0, 0.05) is 5.56 Å². The van der Waals surface area contributed by atoms with Crippen LogP contribution in [0.1, 0.15) is 30.6 Å². The number of carbonyl (C=O) groups excluding carboxylic acids is 2. The van der Waals surface area contributed by atoms with Gasteiger partial charge in [-0.15, -0.1) is 0 Å². The second-order valence-electron chi connectivity index (χ2n) is 6.61. The molecule has 0 aliphatic rings. The van der Waals surface area contributed by atoms with E-state index in [1.807, 2.05) is 6.07 Å². The largest absolute Gasteiger partial charge is 0.494 e. The van der Waals surface area contributed by atoms with Crippen molar-refractivity contribution in [3.05, 3.63) is 60.2 Å². The van der Waals surface area contributed by atoms with E-state index in [1.54, 1.807) is 48.5 Å². The maximum absolute atomic E-state index is 12.2. The van der Waals surface area contributed by atoms with Gasteiger partial charge >= 0.3 is 0 Å². The smallest absolute Gasteiger partial charge is 0.276 e. The number of para-hydroxylation sites is 1. The average molecular weight is 416 g/mol. The van der Waals surface area contributed by atoms with E-state index < -0.39 is 11.8 Å². The summed E-state index contributed by atoms with van der Waals surface area (Å²) >= 11 is 5.01. The Morgan fingerprint density at radius 2 is 1.59 bits per heavy atom. The van der Waals surface area contributed by atoms with Crippen LogP contribution in [0.5, 0.6) is 11.5 Å². The van der Waals surface area contributed by atoms with Crippen LogP contribution in [0.4, 0.5) is 0 Å². The molecule has 0 atom stereocenters. The zero-order valence-electron chi connectivity index (χ0n) is 16.4. The molecule has 0 fully saturated rings. The number of hydrogen-bond donors (Lipinski definition) is 3. The van der Waals surface area contributed by atoms with E-state index in [1.165, 1.54) is 0 Å². The quantitative estimate of drug-likeness (QED) is 0.454. The molecule has 0 unspecified atom stereocenters. The number of rotatable bonds is 8. The third-order valence-electron chi connectivity index (χ3n) is 3.74. The molecular weight excluding hydrogens is 390 g/mol. The van der Waals surface area contributed by atoms with E-state index in [9.17, 15) is 9.59 Å². The van der Waals surface area contributed by atoms with Gasteiger partial charge in [0.2, 0.25) is 0 Å². The fraction of sp³-hybridized carbons (Fsp3) is 0.286. The van der Waals surface area contributed by atoms with E-state index in [2.05, 4.69) is 30.0 Å². The summed E-state index contributed by atoms with van der Waals surface area (Å²) in [7, 11) is 0. The lowest BCUT2D eigenvalue weighted by molar-refractivity contribution is -0.123. The van der Waals surface area contributed by atoms with Gasteiger partial charge in [0.1, 0.15) is 11.5 Å². The van der Waals surface area contributed by atoms with Gasteiger partial charge in [-0.3, -0.25) is 25.8 Å². The first-order valence-corrected chi connectivity index (χ1v) is 9.65. The molecule has 0 aliphatic heterocycles. The lowest BCUT2D eigenvalue weighted by Crippen LogP contribution is -2.49. The second-order valence-corrected chi connectivity index (χ2v) is 7.02. The Labute approximate surface area is 175 Å². The van der Waals surface area contributed by atoms with Crippen LogP contribution in [0.25, 0.3) is 0 Å². The zero-order chi connectivity index (χ0) is 21.1. The lowest BCUT2D eigenvalue weighted by Gasteiger charge is -2.12. The Kier molecular flexibility index (Phi) is 8.91. The molecule has 29 heavy (non-hydrogen) atoms. The monoisotopic (exact) mass is 415 g/mol. The number of hydrogen-bond acceptors (Lipinski definition) is 5. The highest BCUT2D eigenvalue weighted by molar-refractivity contribution is 7.80. The molecule has 2 aromatic rings. The minimum absolute atomic E-state index is 0.0275. The molecule has 0 aromatic heterocycles. The van der Waals surface area contributed by atoms with Gasteiger partial charge in [-0.25, -0.2) is 0 Å². The number of benzene rings is 2. The van der Waals surface area contributed by atoms with E-state index in [0.29, 0.717) is 29.6 Å². The molecule has 2 rings (SSSR count). The third kappa shape index (κ3) is 8.61. The van der Waals surface area contributed by atoms with Crippen LogP contribution >= 0.6 is 12.2 Å². The minimum Gasteiger partial charge on any atom is -0.494 e. The molecule has 0 saturated heterocycles. The summed E-state index contributed by atoms with van der Waals surface area (Å²) in [6.45, 7) is 4.70. The summed E-state index contributed by atoms with van der Waals surface area (Å²) in [5.74, 6) is 1.02. The standard InChI is InChI=1S/C21H25N3O4S/c1-15(2)12-13-27-18-10-8-16(9-11-18)20(26)22-21(29)24-23-19(25)14-28-17-6-4-3-5-7-17/h3-11,15H,12-14H2,1-2H3,(H,23,25)(H2,22,24,26,29). The molecule has 0 aliphatic carbocycles. The lowest BCUT2D eigenvalue weighted by atomic mass is 10.1. The van der Waals surface area contributed by atoms with Crippen molar-refractivity contribution in [2.45, 2.75) is 20.3 Å². The molecule has 0 bridgehead atoms. The van der Waals surface area contributed by atoms with Crippen LogP contribution in [0.2, 0.25) is 0 Å². The first-order chi connectivity index (χ1) is 13.9. The summed E-state index contributed by atoms with van der Waals surface area (Å²) in [6, 6.07) is 15.7.